The molecule has 1 fully saturated rings. The number of hydrogen-bond donors (Lipinski definition) is 0. The van der Waals surface area contributed by atoms with E-state index in [-0.39, 0.29) is 11.9 Å². The first-order valence-corrected chi connectivity index (χ1v) is 7.20. The molecule has 0 aliphatic carbocycles. The summed E-state index contributed by atoms with van der Waals surface area (Å²) in [6.07, 6.45) is 0.538. The molecule has 5 heteroatoms. The third-order valence-electron chi connectivity index (χ3n) is 3.62. The van der Waals surface area contributed by atoms with Crippen molar-refractivity contribution in [2.45, 2.75) is 19.4 Å². The molecule has 1 unspecified atom stereocenters. The minimum Gasteiger partial charge on any atom is -0.340 e. The molecule has 106 valence electrons. The monoisotopic (exact) mass is 291 g/mol. The van der Waals surface area contributed by atoms with Crippen molar-refractivity contribution in [1.82, 2.24) is 9.80 Å². The minimum atomic E-state index is -0.299. The fourth-order valence-electron chi connectivity index (χ4n) is 2.50. The Hall–Kier alpha value is -1.57. The number of halogens is 1. The van der Waals surface area contributed by atoms with Crippen molar-refractivity contribution in [1.29, 1.82) is 5.26 Å². The van der Waals surface area contributed by atoms with Crippen LogP contribution in [0.25, 0.3) is 0 Å². The summed E-state index contributed by atoms with van der Waals surface area (Å²) in [7, 11) is 0. The third-order valence-corrected chi connectivity index (χ3v) is 3.86. The van der Waals surface area contributed by atoms with Crippen molar-refractivity contribution in [3.8, 4) is 6.07 Å². The lowest BCUT2D eigenvalue weighted by Gasteiger charge is -2.37. The Morgan fingerprint density at radius 1 is 1.40 bits per heavy atom. The summed E-state index contributed by atoms with van der Waals surface area (Å²) in [4.78, 5) is 15.6. The maximum absolute atomic E-state index is 11.7. The van der Waals surface area contributed by atoms with Crippen LogP contribution < -0.4 is 0 Å². The number of hydrogen-bond acceptors (Lipinski definition) is 3. The lowest BCUT2D eigenvalue weighted by molar-refractivity contribution is -0.132. The van der Waals surface area contributed by atoms with Crippen molar-refractivity contribution in [2.24, 2.45) is 0 Å². The zero-order valence-corrected chi connectivity index (χ0v) is 12.3. The van der Waals surface area contributed by atoms with Crippen LogP contribution in [0.1, 0.15) is 24.9 Å². The van der Waals surface area contributed by atoms with Gasteiger partial charge in [0.25, 0.3) is 0 Å². The summed E-state index contributed by atoms with van der Waals surface area (Å²) >= 11 is 5.99. The molecule has 0 saturated carbocycles. The second kappa shape index (κ2) is 6.74. The van der Waals surface area contributed by atoms with Gasteiger partial charge >= 0.3 is 0 Å². The van der Waals surface area contributed by atoms with Crippen LogP contribution in [-0.2, 0) is 4.79 Å². The fourth-order valence-corrected chi connectivity index (χ4v) is 2.70. The molecule has 1 saturated heterocycles. The molecule has 0 aromatic heterocycles. The normalized spacial score (nSPS) is 17.6. The van der Waals surface area contributed by atoms with Gasteiger partial charge in [0.05, 0.1) is 6.07 Å². The molecule has 0 N–H and O–H groups in total. The van der Waals surface area contributed by atoms with E-state index in [1.165, 1.54) is 0 Å². The van der Waals surface area contributed by atoms with Crippen molar-refractivity contribution < 1.29 is 4.79 Å². The molecule has 1 aromatic rings. The number of nitrogens with zero attached hydrogens (tertiary/aromatic N) is 3. The second-order valence-electron chi connectivity index (χ2n) is 4.86. The van der Waals surface area contributed by atoms with E-state index in [1.54, 1.807) is 6.07 Å². The predicted molar refractivity (Wildman–Crippen MR) is 78.3 cm³/mol. The van der Waals surface area contributed by atoms with Gasteiger partial charge in [0.2, 0.25) is 5.91 Å². The van der Waals surface area contributed by atoms with Gasteiger partial charge in [0.1, 0.15) is 6.04 Å². The quantitative estimate of drug-likeness (QED) is 0.859. The van der Waals surface area contributed by atoms with Gasteiger partial charge in [0.15, 0.2) is 0 Å². The van der Waals surface area contributed by atoms with Crippen LogP contribution in [0.4, 0.5) is 0 Å². The summed E-state index contributed by atoms with van der Waals surface area (Å²) in [6, 6.07) is 9.45. The molecule has 1 aliphatic heterocycles. The second-order valence-corrected chi connectivity index (χ2v) is 5.29. The number of carbonyl (C=O) groups excluding carboxylic acids is 1. The van der Waals surface area contributed by atoms with Crippen molar-refractivity contribution in [3.63, 3.8) is 0 Å². The molecule has 20 heavy (non-hydrogen) atoms. The summed E-state index contributed by atoms with van der Waals surface area (Å²) in [5, 5.41) is 10.1. The van der Waals surface area contributed by atoms with Gasteiger partial charge in [-0.15, -0.1) is 0 Å². The van der Waals surface area contributed by atoms with Crippen LogP contribution >= 0.6 is 11.6 Å². The van der Waals surface area contributed by atoms with E-state index in [1.807, 2.05) is 30.0 Å². The number of piperazine rings is 1. The maximum atomic E-state index is 11.7. The maximum Gasteiger partial charge on any atom is 0.222 e. The SMILES string of the molecule is CCC(=O)N1CCN(C(C#N)c2cccc(Cl)c2)CC1. The Morgan fingerprint density at radius 3 is 2.65 bits per heavy atom. The van der Waals surface area contributed by atoms with Gasteiger partial charge in [0, 0.05) is 37.6 Å². The Bertz CT molecular complexity index is 518. The molecule has 1 heterocycles. The van der Waals surface area contributed by atoms with E-state index in [0.717, 1.165) is 18.7 Å². The molecular weight excluding hydrogens is 274 g/mol. The minimum absolute atomic E-state index is 0.181. The first kappa shape index (κ1) is 14.8. The van der Waals surface area contributed by atoms with Gasteiger partial charge in [-0.1, -0.05) is 30.7 Å². The van der Waals surface area contributed by atoms with Crippen LogP contribution in [0.15, 0.2) is 24.3 Å². The van der Waals surface area contributed by atoms with Crippen molar-refractivity contribution >= 4 is 17.5 Å². The summed E-state index contributed by atoms with van der Waals surface area (Å²) in [5.74, 6) is 0.181. The van der Waals surface area contributed by atoms with Crippen molar-refractivity contribution in [3.05, 3.63) is 34.9 Å². The average Bonchev–Trinajstić information content (AvgIpc) is 2.48. The van der Waals surface area contributed by atoms with E-state index in [2.05, 4.69) is 11.0 Å². The van der Waals surface area contributed by atoms with Gasteiger partial charge in [-0.05, 0) is 17.7 Å². The highest BCUT2D eigenvalue weighted by atomic mass is 35.5. The molecule has 0 spiro atoms. The van der Waals surface area contributed by atoms with Crippen LogP contribution in [0, 0.1) is 11.3 Å². The number of rotatable bonds is 3. The van der Waals surface area contributed by atoms with Gasteiger partial charge in [-0.25, -0.2) is 0 Å². The topological polar surface area (TPSA) is 47.3 Å². The van der Waals surface area contributed by atoms with Crippen LogP contribution in [0.5, 0.6) is 0 Å². The predicted octanol–water partition coefficient (Wildman–Crippen LogP) is 2.46. The van der Waals surface area contributed by atoms with Crippen LogP contribution in [0.3, 0.4) is 0 Å². The van der Waals surface area contributed by atoms with E-state index in [9.17, 15) is 10.1 Å². The highest BCUT2D eigenvalue weighted by molar-refractivity contribution is 6.30. The molecular formula is C15H18ClN3O. The number of nitriles is 1. The first-order valence-electron chi connectivity index (χ1n) is 6.82. The smallest absolute Gasteiger partial charge is 0.222 e. The molecule has 4 nitrogen and oxygen atoms in total. The standard InChI is InChI=1S/C15H18ClN3O/c1-2-15(20)19-8-6-18(7-9-19)14(11-17)12-4-3-5-13(16)10-12/h3-5,10,14H,2,6-9H2,1H3. The van der Waals surface area contributed by atoms with Crippen LogP contribution in [-0.4, -0.2) is 41.9 Å². The molecule has 1 atom stereocenters. The molecule has 1 aliphatic rings. The molecule has 0 radical (unpaired) electrons. The summed E-state index contributed by atoms with van der Waals surface area (Å²) in [6.45, 7) is 4.68. The molecule has 1 aromatic carbocycles. The van der Waals surface area contributed by atoms with E-state index in [4.69, 9.17) is 11.6 Å². The summed E-state index contributed by atoms with van der Waals surface area (Å²) < 4.78 is 0. The Balaban J connectivity index is 2.05. The third kappa shape index (κ3) is 3.30. The first-order chi connectivity index (χ1) is 9.65. The Kier molecular flexibility index (Phi) is 4.99. The van der Waals surface area contributed by atoms with Crippen LogP contribution in [0.2, 0.25) is 5.02 Å². The average molecular weight is 292 g/mol. The zero-order valence-electron chi connectivity index (χ0n) is 11.6. The summed E-state index contributed by atoms with van der Waals surface area (Å²) in [5.41, 5.74) is 0.912. The van der Waals surface area contributed by atoms with Gasteiger partial charge < -0.3 is 4.90 Å². The largest absolute Gasteiger partial charge is 0.340 e. The molecule has 0 bridgehead atoms. The number of amides is 1. The molecule has 2 rings (SSSR count). The fraction of sp³-hybridized carbons (Fsp3) is 0.467. The number of benzene rings is 1. The highest BCUT2D eigenvalue weighted by Gasteiger charge is 2.26. The van der Waals surface area contributed by atoms with E-state index >= 15 is 0 Å². The zero-order chi connectivity index (χ0) is 14.5. The van der Waals surface area contributed by atoms with Gasteiger partial charge in [-0.3, -0.25) is 9.69 Å². The lowest BCUT2D eigenvalue weighted by atomic mass is 10.1. The van der Waals surface area contributed by atoms with Gasteiger partial charge in [-0.2, -0.15) is 5.26 Å². The Labute approximate surface area is 124 Å². The molecule has 1 amide bonds. The van der Waals surface area contributed by atoms with E-state index in [0.29, 0.717) is 24.5 Å². The van der Waals surface area contributed by atoms with Crippen molar-refractivity contribution in [2.75, 3.05) is 26.2 Å². The Morgan fingerprint density at radius 2 is 2.10 bits per heavy atom. The number of carbonyl (C=O) groups is 1. The van der Waals surface area contributed by atoms with E-state index < -0.39 is 0 Å². The lowest BCUT2D eigenvalue weighted by Crippen LogP contribution is -2.49. The highest BCUT2D eigenvalue weighted by Crippen LogP contribution is 2.24.